The Morgan fingerprint density at radius 1 is 1.43 bits per heavy atom. The Hall–Kier alpha value is -1.99. The third kappa shape index (κ3) is 3.77. The summed E-state index contributed by atoms with van der Waals surface area (Å²) in [5, 5.41) is 14.2. The molecular weight excluding hydrogens is 292 g/mol. The second kappa shape index (κ2) is 6.64. The predicted molar refractivity (Wildman–Crippen MR) is 82.9 cm³/mol. The van der Waals surface area contributed by atoms with Crippen molar-refractivity contribution in [3.05, 3.63) is 24.3 Å². The topological polar surface area (TPSA) is 98.7 Å². The van der Waals surface area contributed by atoms with Gasteiger partial charge in [0.1, 0.15) is 0 Å². The highest BCUT2D eigenvalue weighted by atomic mass is 35.5. The van der Waals surface area contributed by atoms with Gasteiger partial charge in [-0.05, 0) is 36.4 Å². The van der Waals surface area contributed by atoms with Crippen LogP contribution >= 0.6 is 12.4 Å². The number of aryl methyl sites for hydroxylation is 1. The lowest BCUT2D eigenvalue weighted by Crippen LogP contribution is -2.37. The van der Waals surface area contributed by atoms with Crippen molar-refractivity contribution >= 4 is 24.0 Å². The molecule has 0 saturated carbocycles. The van der Waals surface area contributed by atoms with Crippen LogP contribution < -0.4 is 11.1 Å². The summed E-state index contributed by atoms with van der Waals surface area (Å²) in [5.41, 5.74) is 6.51. The maximum Gasteiger partial charge on any atom is 0.231 e. The van der Waals surface area contributed by atoms with Crippen molar-refractivity contribution in [1.29, 1.82) is 0 Å². The third-order valence-corrected chi connectivity index (χ3v) is 3.12. The molecule has 0 radical (unpaired) electrons. The molecule has 0 aliphatic rings. The molecule has 0 bridgehead atoms. The molecule has 3 N–H and O–H groups in total. The summed E-state index contributed by atoms with van der Waals surface area (Å²) in [7, 11) is 1.76. The Kier molecular flexibility index (Phi) is 5.40. The fourth-order valence-electron chi connectivity index (χ4n) is 1.60. The number of tetrazole rings is 1. The lowest BCUT2D eigenvalue weighted by molar-refractivity contribution is -0.123. The van der Waals surface area contributed by atoms with Crippen LogP contribution in [0.5, 0.6) is 0 Å². The SMILES string of the molecule is Cl.Cn1nnnc1-c1cccc(NC(=O)C(C)(C)CN)c1. The molecule has 21 heavy (non-hydrogen) atoms. The first kappa shape index (κ1) is 17.1. The summed E-state index contributed by atoms with van der Waals surface area (Å²) >= 11 is 0. The summed E-state index contributed by atoms with van der Waals surface area (Å²) in [4.78, 5) is 12.1. The van der Waals surface area contributed by atoms with Crippen molar-refractivity contribution in [2.75, 3.05) is 11.9 Å². The van der Waals surface area contributed by atoms with Crippen LogP contribution in [-0.4, -0.2) is 32.7 Å². The minimum atomic E-state index is -0.609. The summed E-state index contributed by atoms with van der Waals surface area (Å²) in [5.74, 6) is 0.521. The fourth-order valence-corrected chi connectivity index (χ4v) is 1.60. The second-order valence-corrected chi connectivity index (χ2v) is 5.25. The van der Waals surface area contributed by atoms with E-state index in [0.717, 1.165) is 5.56 Å². The van der Waals surface area contributed by atoms with Crippen LogP contribution in [0.4, 0.5) is 5.69 Å². The van der Waals surface area contributed by atoms with Gasteiger partial charge in [0.25, 0.3) is 0 Å². The first-order valence-electron chi connectivity index (χ1n) is 6.28. The van der Waals surface area contributed by atoms with E-state index in [4.69, 9.17) is 5.73 Å². The number of nitrogens with one attached hydrogen (secondary N) is 1. The summed E-state index contributed by atoms with van der Waals surface area (Å²) in [6.45, 7) is 3.89. The zero-order valence-corrected chi connectivity index (χ0v) is 13.0. The van der Waals surface area contributed by atoms with Crippen LogP contribution in [0, 0.1) is 5.41 Å². The number of nitrogens with zero attached hydrogens (tertiary/aromatic N) is 4. The number of carbonyl (C=O) groups excluding carboxylic acids is 1. The molecule has 0 unspecified atom stereocenters. The molecule has 0 fully saturated rings. The molecule has 0 atom stereocenters. The normalized spacial score (nSPS) is 10.9. The molecule has 7 nitrogen and oxygen atoms in total. The first-order chi connectivity index (χ1) is 9.44. The number of amides is 1. The van der Waals surface area contributed by atoms with Gasteiger partial charge in [-0.1, -0.05) is 12.1 Å². The average Bonchev–Trinajstić information content (AvgIpc) is 2.85. The Morgan fingerprint density at radius 2 is 2.14 bits per heavy atom. The number of carbonyl (C=O) groups is 1. The molecule has 2 aromatic rings. The molecule has 1 aromatic heterocycles. The Balaban J connectivity index is 0.00000220. The lowest BCUT2D eigenvalue weighted by atomic mass is 9.92. The molecule has 0 spiro atoms. The van der Waals surface area contributed by atoms with Gasteiger partial charge < -0.3 is 11.1 Å². The number of anilines is 1. The minimum absolute atomic E-state index is 0. The third-order valence-electron chi connectivity index (χ3n) is 3.12. The smallest absolute Gasteiger partial charge is 0.231 e. The van der Waals surface area contributed by atoms with Crippen molar-refractivity contribution in [3.8, 4) is 11.4 Å². The number of nitrogens with two attached hydrogens (primary N) is 1. The maximum atomic E-state index is 12.1. The molecular formula is C13H19ClN6O. The van der Waals surface area contributed by atoms with Crippen molar-refractivity contribution < 1.29 is 4.79 Å². The van der Waals surface area contributed by atoms with E-state index >= 15 is 0 Å². The van der Waals surface area contributed by atoms with Crippen LogP contribution in [-0.2, 0) is 11.8 Å². The van der Waals surface area contributed by atoms with Gasteiger partial charge in [0.15, 0.2) is 5.82 Å². The predicted octanol–water partition coefficient (Wildman–Crippen LogP) is 1.22. The Bertz CT molecular complexity index is 625. The van der Waals surface area contributed by atoms with E-state index in [9.17, 15) is 4.79 Å². The van der Waals surface area contributed by atoms with Crippen molar-refractivity contribution in [3.63, 3.8) is 0 Å². The monoisotopic (exact) mass is 310 g/mol. The van der Waals surface area contributed by atoms with Crippen molar-refractivity contribution in [2.24, 2.45) is 18.2 Å². The standard InChI is InChI=1S/C13H18N6O.ClH/c1-13(2,8-14)12(20)15-10-6-4-5-9(7-10)11-16-17-18-19(11)3;/h4-7H,8,14H2,1-3H3,(H,15,20);1H. The second-order valence-electron chi connectivity index (χ2n) is 5.25. The molecule has 1 amide bonds. The molecule has 1 aromatic carbocycles. The van der Waals surface area contributed by atoms with Gasteiger partial charge in [-0.3, -0.25) is 4.79 Å². The van der Waals surface area contributed by atoms with E-state index in [2.05, 4.69) is 20.8 Å². The van der Waals surface area contributed by atoms with Gasteiger partial charge in [-0.15, -0.1) is 17.5 Å². The van der Waals surface area contributed by atoms with E-state index in [1.54, 1.807) is 25.6 Å². The van der Waals surface area contributed by atoms with Crippen molar-refractivity contribution in [2.45, 2.75) is 13.8 Å². The molecule has 0 saturated heterocycles. The zero-order chi connectivity index (χ0) is 14.8. The largest absolute Gasteiger partial charge is 0.329 e. The highest BCUT2D eigenvalue weighted by molar-refractivity contribution is 5.95. The molecule has 2 rings (SSSR count). The molecule has 1 heterocycles. The number of benzene rings is 1. The van der Waals surface area contributed by atoms with E-state index in [1.807, 2.05) is 24.3 Å². The number of aromatic nitrogens is 4. The fraction of sp³-hybridized carbons (Fsp3) is 0.385. The van der Waals surface area contributed by atoms with Gasteiger partial charge >= 0.3 is 0 Å². The maximum absolute atomic E-state index is 12.1. The summed E-state index contributed by atoms with van der Waals surface area (Å²) in [6, 6.07) is 7.37. The van der Waals surface area contributed by atoms with Crippen LogP contribution in [0.3, 0.4) is 0 Å². The summed E-state index contributed by atoms with van der Waals surface area (Å²) < 4.78 is 1.57. The van der Waals surface area contributed by atoms with Gasteiger partial charge in [-0.2, -0.15) is 0 Å². The van der Waals surface area contributed by atoms with Gasteiger partial charge in [-0.25, -0.2) is 4.68 Å². The van der Waals surface area contributed by atoms with Gasteiger partial charge in [0, 0.05) is 24.8 Å². The molecule has 114 valence electrons. The zero-order valence-electron chi connectivity index (χ0n) is 12.2. The van der Waals surface area contributed by atoms with E-state index < -0.39 is 5.41 Å². The van der Waals surface area contributed by atoms with Crippen LogP contribution in [0.25, 0.3) is 11.4 Å². The van der Waals surface area contributed by atoms with Crippen molar-refractivity contribution in [1.82, 2.24) is 20.2 Å². The van der Waals surface area contributed by atoms with Crippen LogP contribution in [0.2, 0.25) is 0 Å². The number of halogens is 1. The number of rotatable bonds is 4. The lowest BCUT2D eigenvalue weighted by Gasteiger charge is -2.21. The van der Waals surface area contributed by atoms with Crippen LogP contribution in [0.15, 0.2) is 24.3 Å². The highest BCUT2D eigenvalue weighted by Crippen LogP contribution is 2.22. The Morgan fingerprint density at radius 3 is 2.71 bits per heavy atom. The van der Waals surface area contributed by atoms with E-state index in [0.29, 0.717) is 11.5 Å². The van der Waals surface area contributed by atoms with Gasteiger partial charge in [0.2, 0.25) is 5.91 Å². The number of hydrogen-bond acceptors (Lipinski definition) is 5. The van der Waals surface area contributed by atoms with E-state index in [1.165, 1.54) is 0 Å². The summed E-state index contributed by atoms with van der Waals surface area (Å²) in [6.07, 6.45) is 0. The first-order valence-corrected chi connectivity index (χ1v) is 6.28. The molecule has 0 aliphatic carbocycles. The van der Waals surface area contributed by atoms with Gasteiger partial charge in [0.05, 0.1) is 5.41 Å². The van der Waals surface area contributed by atoms with Crippen LogP contribution in [0.1, 0.15) is 13.8 Å². The average molecular weight is 311 g/mol. The highest BCUT2D eigenvalue weighted by Gasteiger charge is 2.25. The minimum Gasteiger partial charge on any atom is -0.329 e. The van der Waals surface area contributed by atoms with E-state index in [-0.39, 0.29) is 24.9 Å². The Labute approximate surface area is 129 Å². The number of hydrogen-bond donors (Lipinski definition) is 2. The molecule has 0 aliphatic heterocycles. The quantitative estimate of drug-likeness (QED) is 0.884. The molecule has 8 heteroatoms.